The second-order valence-electron chi connectivity index (χ2n) is 6.95. The molecule has 1 aromatic heterocycles. The number of aryl methyl sites for hydroxylation is 1. The Balaban J connectivity index is 1.78. The third-order valence-electron chi connectivity index (χ3n) is 4.53. The predicted molar refractivity (Wildman–Crippen MR) is 119 cm³/mol. The summed E-state index contributed by atoms with van der Waals surface area (Å²) < 4.78 is 17.6. The molecular formula is C23H21N3O2S. The molecule has 5 nitrogen and oxygen atoms in total. The highest BCUT2D eigenvalue weighted by atomic mass is 32.2. The Labute approximate surface area is 170 Å². The normalized spacial score (nSPS) is 13.0. The van der Waals surface area contributed by atoms with E-state index in [2.05, 4.69) is 14.7 Å². The number of rotatable bonds is 4. The molecule has 6 heteroatoms. The number of phenols is 1. The van der Waals surface area contributed by atoms with Crippen LogP contribution >= 0.6 is 0 Å². The molecule has 146 valence electrons. The maximum Gasteiger partial charge on any atom is 0.117 e. The number of nitrogens with zero attached hydrogens (tertiary/aromatic N) is 2. The first-order valence-corrected chi connectivity index (χ1v) is 11.1. The van der Waals surface area contributed by atoms with Gasteiger partial charge in [0.25, 0.3) is 0 Å². The van der Waals surface area contributed by atoms with Gasteiger partial charge in [0.05, 0.1) is 20.9 Å². The van der Waals surface area contributed by atoms with Gasteiger partial charge in [0, 0.05) is 40.2 Å². The fourth-order valence-electron chi connectivity index (χ4n) is 3.22. The molecule has 3 aromatic carbocycles. The van der Waals surface area contributed by atoms with Gasteiger partial charge in [-0.1, -0.05) is 18.2 Å². The Kier molecular flexibility index (Phi) is 4.94. The topological polar surface area (TPSA) is 74.6 Å². The van der Waals surface area contributed by atoms with Crippen LogP contribution in [-0.2, 0) is 9.73 Å². The van der Waals surface area contributed by atoms with Crippen LogP contribution in [0.1, 0.15) is 5.56 Å². The van der Waals surface area contributed by atoms with Gasteiger partial charge >= 0.3 is 0 Å². The Bertz CT molecular complexity index is 1290. The van der Waals surface area contributed by atoms with E-state index in [0.717, 1.165) is 27.8 Å². The van der Waals surface area contributed by atoms with Crippen LogP contribution in [0, 0.1) is 6.92 Å². The summed E-state index contributed by atoms with van der Waals surface area (Å²) in [6.07, 6.45) is 3.37. The molecule has 0 saturated carbocycles. The highest BCUT2D eigenvalue weighted by Gasteiger charge is 2.08. The zero-order valence-corrected chi connectivity index (χ0v) is 17.0. The van der Waals surface area contributed by atoms with Crippen LogP contribution in [0.2, 0.25) is 0 Å². The summed E-state index contributed by atoms with van der Waals surface area (Å²) in [5.41, 5.74) is 3.99. The number of anilines is 2. The van der Waals surface area contributed by atoms with Crippen LogP contribution < -0.4 is 5.32 Å². The highest BCUT2D eigenvalue weighted by Crippen LogP contribution is 2.31. The molecule has 0 radical (unpaired) electrons. The van der Waals surface area contributed by atoms with Crippen LogP contribution in [0.25, 0.3) is 10.9 Å². The quantitative estimate of drug-likeness (QED) is 0.453. The molecule has 4 rings (SSSR count). The molecule has 0 amide bonds. The first-order valence-electron chi connectivity index (χ1n) is 9.14. The lowest BCUT2D eigenvalue weighted by Crippen LogP contribution is -1.96. The van der Waals surface area contributed by atoms with Crippen LogP contribution in [0.15, 0.2) is 88.3 Å². The van der Waals surface area contributed by atoms with Crippen LogP contribution in [-0.4, -0.2) is 20.6 Å². The monoisotopic (exact) mass is 403 g/mol. The predicted octanol–water partition coefficient (Wildman–Crippen LogP) is 5.78. The fraction of sp³-hybridized carbons (Fsp3) is 0.0870. The van der Waals surface area contributed by atoms with Crippen molar-refractivity contribution in [2.75, 3.05) is 11.6 Å². The van der Waals surface area contributed by atoms with Gasteiger partial charge in [-0.05, 0) is 61.0 Å². The molecule has 2 N–H and O–H groups in total. The fourth-order valence-corrected chi connectivity index (χ4v) is 4.50. The van der Waals surface area contributed by atoms with Crippen molar-refractivity contribution in [3.63, 3.8) is 0 Å². The molecule has 0 aliphatic rings. The van der Waals surface area contributed by atoms with Gasteiger partial charge in [0.2, 0.25) is 0 Å². The van der Waals surface area contributed by atoms with E-state index in [1.807, 2.05) is 67.6 Å². The molecule has 1 heterocycles. The van der Waals surface area contributed by atoms with E-state index in [1.165, 1.54) is 0 Å². The van der Waals surface area contributed by atoms with Crippen molar-refractivity contribution < 1.29 is 9.32 Å². The van der Waals surface area contributed by atoms with Gasteiger partial charge in [-0.15, -0.1) is 0 Å². The number of nitrogens with one attached hydrogen (secondary N) is 1. The van der Waals surface area contributed by atoms with E-state index in [0.29, 0.717) is 10.6 Å². The summed E-state index contributed by atoms with van der Waals surface area (Å²) in [4.78, 5) is 5.11. The molecule has 29 heavy (non-hydrogen) atoms. The molecule has 0 aliphatic carbocycles. The molecule has 0 fully saturated rings. The average Bonchev–Trinajstić information content (AvgIpc) is 2.68. The molecule has 4 aromatic rings. The minimum absolute atomic E-state index is 0.204. The third kappa shape index (κ3) is 4.22. The standard InChI is InChI=1S/C23H21N3O2S/c1-16-12-18(14-19(27)13-16)25-23-10-11-24-22-9-8-17(15-21(22)23)26-29(2,28)20-6-4-3-5-7-20/h3-15,27H,1-2H3,(H,24,25). The van der Waals surface area contributed by atoms with Gasteiger partial charge in [0.1, 0.15) is 5.75 Å². The summed E-state index contributed by atoms with van der Waals surface area (Å²) in [6, 6.07) is 22.0. The molecule has 0 aliphatic heterocycles. The van der Waals surface area contributed by atoms with Crippen molar-refractivity contribution in [1.29, 1.82) is 0 Å². The lowest BCUT2D eigenvalue weighted by Gasteiger charge is -2.11. The zero-order valence-electron chi connectivity index (χ0n) is 16.2. The number of benzene rings is 3. The summed E-state index contributed by atoms with van der Waals surface area (Å²) in [7, 11) is -2.56. The lowest BCUT2D eigenvalue weighted by atomic mass is 10.1. The number of phenolic OH excluding ortho intramolecular Hbond substituents is 1. The minimum atomic E-state index is -2.56. The summed E-state index contributed by atoms with van der Waals surface area (Å²) in [5.74, 6) is 0.204. The summed E-state index contributed by atoms with van der Waals surface area (Å²) >= 11 is 0. The van der Waals surface area contributed by atoms with Gasteiger partial charge in [-0.3, -0.25) is 4.98 Å². The Hall–Kier alpha value is -3.38. The molecule has 0 spiro atoms. The smallest absolute Gasteiger partial charge is 0.117 e. The van der Waals surface area contributed by atoms with Crippen molar-refractivity contribution in [1.82, 2.24) is 4.98 Å². The van der Waals surface area contributed by atoms with Crippen molar-refractivity contribution in [2.24, 2.45) is 4.36 Å². The third-order valence-corrected chi connectivity index (χ3v) is 6.23. The van der Waals surface area contributed by atoms with Gasteiger partial charge in [-0.25, -0.2) is 4.21 Å². The number of fused-ring (bicyclic) bond motifs is 1. The molecule has 0 bridgehead atoms. The number of hydrogen-bond acceptors (Lipinski definition) is 5. The van der Waals surface area contributed by atoms with Crippen LogP contribution in [0.4, 0.5) is 17.1 Å². The Morgan fingerprint density at radius 2 is 1.79 bits per heavy atom. The zero-order chi connectivity index (χ0) is 20.4. The molecule has 0 saturated heterocycles. The van der Waals surface area contributed by atoms with Crippen molar-refractivity contribution >= 4 is 37.7 Å². The molecular weight excluding hydrogens is 382 g/mol. The maximum absolute atomic E-state index is 13.1. The average molecular weight is 404 g/mol. The van der Waals surface area contributed by atoms with E-state index < -0.39 is 9.73 Å². The summed E-state index contributed by atoms with van der Waals surface area (Å²) in [6.45, 7) is 1.92. The van der Waals surface area contributed by atoms with Crippen LogP contribution in [0.5, 0.6) is 5.75 Å². The van der Waals surface area contributed by atoms with Crippen molar-refractivity contribution in [2.45, 2.75) is 11.8 Å². The van der Waals surface area contributed by atoms with E-state index in [-0.39, 0.29) is 5.75 Å². The van der Waals surface area contributed by atoms with Crippen molar-refractivity contribution in [3.8, 4) is 5.75 Å². The first-order chi connectivity index (χ1) is 13.9. The van der Waals surface area contributed by atoms with Gasteiger partial charge < -0.3 is 10.4 Å². The van der Waals surface area contributed by atoms with Crippen molar-refractivity contribution in [3.05, 3.63) is 84.6 Å². The van der Waals surface area contributed by atoms with E-state index in [4.69, 9.17) is 0 Å². The van der Waals surface area contributed by atoms with Crippen LogP contribution in [0.3, 0.4) is 0 Å². The Morgan fingerprint density at radius 3 is 2.55 bits per heavy atom. The second kappa shape index (κ2) is 7.56. The molecule has 1 atom stereocenters. The van der Waals surface area contributed by atoms with Gasteiger partial charge in [-0.2, -0.15) is 4.36 Å². The maximum atomic E-state index is 13.1. The van der Waals surface area contributed by atoms with E-state index in [1.54, 1.807) is 24.6 Å². The number of aromatic hydroxyl groups is 1. The minimum Gasteiger partial charge on any atom is -0.508 e. The highest BCUT2D eigenvalue weighted by molar-refractivity contribution is 7.93. The number of aromatic nitrogens is 1. The largest absolute Gasteiger partial charge is 0.508 e. The molecule has 1 unspecified atom stereocenters. The number of hydrogen-bond donors (Lipinski definition) is 2. The number of pyridine rings is 1. The van der Waals surface area contributed by atoms with E-state index >= 15 is 0 Å². The van der Waals surface area contributed by atoms with E-state index in [9.17, 15) is 9.32 Å². The second-order valence-corrected chi connectivity index (χ2v) is 9.21. The lowest BCUT2D eigenvalue weighted by molar-refractivity contribution is 0.475. The first kappa shape index (κ1) is 19.0. The van der Waals surface area contributed by atoms with Gasteiger partial charge in [0.15, 0.2) is 0 Å². The SMILES string of the molecule is Cc1cc(O)cc(Nc2ccnc3ccc(N=S(C)(=O)c4ccccc4)cc23)c1. The summed E-state index contributed by atoms with van der Waals surface area (Å²) in [5, 5.41) is 14.1. The Morgan fingerprint density at radius 1 is 1.00 bits per heavy atom.